The Kier molecular flexibility index (Phi) is 6.50. The summed E-state index contributed by atoms with van der Waals surface area (Å²) in [5, 5.41) is 6.64. The summed E-state index contributed by atoms with van der Waals surface area (Å²) >= 11 is 0. The molecule has 21 heavy (non-hydrogen) atoms. The third-order valence-corrected chi connectivity index (χ3v) is 3.45. The van der Waals surface area contributed by atoms with Crippen molar-refractivity contribution in [3.8, 4) is 0 Å². The summed E-state index contributed by atoms with van der Waals surface area (Å²) in [6.07, 6.45) is 0.226. The highest BCUT2D eigenvalue weighted by atomic mass is 16.5. The van der Waals surface area contributed by atoms with E-state index in [0.717, 1.165) is 38.7 Å². The van der Waals surface area contributed by atoms with Crippen molar-refractivity contribution in [3.63, 3.8) is 0 Å². The molecule has 5 nitrogen and oxygen atoms in total. The molecule has 0 bridgehead atoms. The SMILES string of the molecule is CCNC(=NCc1ccccc1)NCC1CN(C)CCO1. The predicted octanol–water partition coefficient (Wildman–Crippen LogP) is 1.07. The molecule has 0 aromatic heterocycles. The second-order valence-electron chi connectivity index (χ2n) is 5.32. The summed E-state index contributed by atoms with van der Waals surface area (Å²) in [4.78, 5) is 6.91. The fourth-order valence-electron chi connectivity index (χ4n) is 2.30. The number of nitrogens with zero attached hydrogens (tertiary/aromatic N) is 2. The van der Waals surface area contributed by atoms with Crippen LogP contribution in [0, 0.1) is 0 Å². The van der Waals surface area contributed by atoms with Crippen molar-refractivity contribution >= 4 is 5.96 Å². The number of aliphatic imine (C=N–C) groups is 1. The largest absolute Gasteiger partial charge is 0.374 e. The number of ether oxygens (including phenoxy) is 1. The number of hydrogen-bond donors (Lipinski definition) is 2. The Morgan fingerprint density at radius 2 is 2.14 bits per heavy atom. The molecule has 0 amide bonds. The number of morpholine rings is 1. The Morgan fingerprint density at radius 3 is 2.86 bits per heavy atom. The van der Waals surface area contributed by atoms with Gasteiger partial charge in [-0.05, 0) is 19.5 Å². The van der Waals surface area contributed by atoms with Crippen LogP contribution >= 0.6 is 0 Å². The number of likely N-dealkylation sites (N-methyl/N-ethyl adjacent to an activating group) is 1. The molecule has 1 aromatic rings. The molecule has 1 unspecified atom stereocenters. The van der Waals surface area contributed by atoms with Crippen LogP contribution in [0.4, 0.5) is 0 Å². The molecule has 1 aliphatic rings. The van der Waals surface area contributed by atoms with E-state index >= 15 is 0 Å². The maximum absolute atomic E-state index is 5.75. The molecule has 1 saturated heterocycles. The first-order valence-corrected chi connectivity index (χ1v) is 7.64. The Labute approximate surface area is 127 Å². The van der Waals surface area contributed by atoms with Gasteiger partial charge in [-0.1, -0.05) is 30.3 Å². The molecule has 1 fully saturated rings. The lowest BCUT2D eigenvalue weighted by Gasteiger charge is -2.30. The zero-order chi connectivity index (χ0) is 14.9. The van der Waals surface area contributed by atoms with Crippen molar-refractivity contribution in [2.45, 2.75) is 19.6 Å². The van der Waals surface area contributed by atoms with Gasteiger partial charge in [0.05, 0.1) is 19.3 Å². The highest BCUT2D eigenvalue weighted by molar-refractivity contribution is 5.79. The molecule has 1 aliphatic heterocycles. The smallest absolute Gasteiger partial charge is 0.191 e. The lowest BCUT2D eigenvalue weighted by Crippen LogP contribution is -2.48. The lowest BCUT2D eigenvalue weighted by molar-refractivity contribution is -0.0161. The van der Waals surface area contributed by atoms with Crippen LogP contribution < -0.4 is 10.6 Å². The number of guanidine groups is 1. The third kappa shape index (κ3) is 5.73. The molecule has 0 spiro atoms. The zero-order valence-corrected chi connectivity index (χ0v) is 13.0. The Morgan fingerprint density at radius 1 is 1.33 bits per heavy atom. The fourth-order valence-corrected chi connectivity index (χ4v) is 2.30. The summed E-state index contributed by atoms with van der Waals surface area (Å²) in [6.45, 7) is 7.17. The van der Waals surface area contributed by atoms with E-state index in [1.807, 2.05) is 18.2 Å². The number of rotatable bonds is 5. The maximum Gasteiger partial charge on any atom is 0.191 e. The minimum atomic E-state index is 0.226. The molecule has 116 valence electrons. The van der Waals surface area contributed by atoms with E-state index in [4.69, 9.17) is 4.74 Å². The standard InChI is InChI=1S/C16H26N4O/c1-3-17-16(18-11-14-7-5-4-6-8-14)19-12-15-13-20(2)9-10-21-15/h4-8,15H,3,9-13H2,1-2H3,(H2,17,18,19). The minimum Gasteiger partial charge on any atom is -0.374 e. The normalized spacial score (nSPS) is 20.3. The van der Waals surface area contributed by atoms with Crippen LogP contribution in [0.2, 0.25) is 0 Å². The van der Waals surface area contributed by atoms with Gasteiger partial charge in [-0.2, -0.15) is 0 Å². The van der Waals surface area contributed by atoms with Crippen LogP contribution in [-0.2, 0) is 11.3 Å². The van der Waals surface area contributed by atoms with Gasteiger partial charge in [0.15, 0.2) is 5.96 Å². The average molecular weight is 290 g/mol. The van der Waals surface area contributed by atoms with Gasteiger partial charge in [-0.3, -0.25) is 0 Å². The van der Waals surface area contributed by atoms with Crippen LogP contribution in [0.1, 0.15) is 12.5 Å². The Balaban J connectivity index is 1.83. The first-order valence-electron chi connectivity index (χ1n) is 7.64. The van der Waals surface area contributed by atoms with E-state index in [2.05, 4.69) is 46.6 Å². The van der Waals surface area contributed by atoms with E-state index < -0.39 is 0 Å². The third-order valence-electron chi connectivity index (χ3n) is 3.45. The molecule has 1 atom stereocenters. The van der Waals surface area contributed by atoms with Gasteiger partial charge in [0.1, 0.15) is 0 Å². The van der Waals surface area contributed by atoms with Crippen LogP contribution in [0.3, 0.4) is 0 Å². The van der Waals surface area contributed by atoms with E-state index in [-0.39, 0.29) is 6.10 Å². The topological polar surface area (TPSA) is 48.9 Å². The van der Waals surface area contributed by atoms with Gasteiger partial charge in [0.25, 0.3) is 0 Å². The summed E-state index contributed by atoms with van der Waals surface area (Å²) in [7, 11) is 2.13. The Bertz CT molecular complexity index is 435. The molecule has 1 aromatic carbocycles. The number of hydrogen-bond acceptors (Lipinski definition) is 3. The molecular formula is C16H26N4O. The zero-order valence-electron chi connectivity index (χ0n) is 13.0. The van der Waals surface area contributed by atoms with Crippen molar-refractivity contribution < 1.29 is 4.74 Å². The van der Waals surface area contributed by atoms with Crippen LogP contribution in [-0.4, -0.2) is 56.8 Å². The molecule has 2 rings (SSSR count). The van der Waals surface area contributed by atoms with E-state index in [1.54, 1.807) is 0 Å². The summed E-state index contributed by atoms with van der Waals surface area (Å²) < 4.78 is 5.75. The average Bonchev–Trinajstić information content (AvgIpc) is 2.51. The molecule has 0 radical (unpaired) electrons. The first kappa shape index (κ1) is 15.8. The second kappa shape index (κ2) is 8.64. The molecule has 5 heteroatoms. The highest BCUT2D eigenvalue weighted by Crippen LogP contribution is 2.02. The molecule has 0 aliphatic carbocycles. The van der Waals surface area contributed by atoms with Gasteiger partial charge < -0.3 is 20.3 Å². The summed E-state index contributed by atoms with van der Waals surface area (Å²) in [5.41, 5.74) is 1.21. The van der Waals surface area contributed by atoms with E-state index in [0.29, 0.717) is 6.54 Å². The van der Waals surface area contributed by atoms with E-state index in [1.165, 1.54) is 5.56 Å². The van der Waals surface area contributed by atoms with Gasteiger partial charge in [0, 0.05) is 26.2 Å². The fraction of sp³-hybridized carbons (Fsp3) is 0.562. The van der Waals surface area contributed by atoms with Crippen LogP contribution in [0.15, 0.2) is 35.3 Å². The molecular weight excluding hydrogens is 264 g/mol. The van der Waals surface area contributed by atoms with Crippen LogP contribution in [0.5, 0.6) is 0 Å². The van der Waals surface area contributed by atoms with Gasteiger partial charge in [-0.15, -0.1) is 0 Å². The van der Waals surface area contributed by atoms with Gasteiger partial charge in [-0.25, -0.2) is 4.99 Å². The first-order chi connectivity index (χ1) is 10.3. The van der Waals surface area contributed by atoms with Gasteiger partial charge in [0.2, 0.25) is 0 Å². The second-order valence-corrected chi connectivity index (χ2v) is 5.32. The maximum atomic E-state index is 5.75. The highest BCUT2D eigenvalue weighted by Gasteiger charge is 2.17. The van der Waals surface area contributed by atoms with Crippen molar-refractivity contribution in [1.82, 2.24) is 15.5 Å². The number of nitrogens with one attached hydrogen (secondary N) is 2. The monoisotopic (exact) mass is 290 g/mol. The summed E-state index contributed by atoms with van der Waals surface area (Å²) in [6, 6.07) is 10.3. The Hall–Kier alpha value is -1.59. The van der Waals surface area contributed by atoms with Gasteiger partial charge >= 0.3 is 0 Å². The minimum absolute atomic E-state index is 0.226. The number of benzene rings is 1. The predicted molar refractivity (Wildman–Crippen MR) is 86.5 cm³/mol. The lowest BCUT2D eigenvalue weighted by atomic mass is 10.2. The van der Waals surface area contributed by atoms with Crippen molar-refractivity contribution in [2.24, 2.45) is 4.99 Å². The molecule has 0 saturated carbocycles. The summed E-state index contributed by atoms with van der Waals surface area (Å²) in [5.74, 6) is 0.846. The van der Waals surface area contributed by atoms with Crippen molar-refractivity contribution in [3.05, 3.63) is 35.9 Å². The van der Waals surface area contributed by atoms with Crippen molar-refractivity contribution in [1.29, 1.82) is 0 Å². The molecule has 2 N–H and O–H groups in total. The molecule has 1 heterocycles. The van der Waals surface area contributed by atoms with Crippen molar-refractivity contribution in [2.75, 3.05) is 39.8 Å². The van der Waals surface area contributed by atoms with Crippen LogP contribution in [0.25, 0.3) is 0 Å². The quantitative estimate of drug-likeness (QED) is 0.629. The van der Waals surface area contributed by atoms with E-state index in [9.17, 15) is 0 Å².